The number of aryl methyl sites for hydroxylation is 1. The fourth-order valence-electron chi connectivity index (χ4n) is 3.77. The van der Waals surface area contributed by atoms with Crippen LogP contribution in [-0.4, -0.2) is 64.1 Å². The molecule has 0 saturated carbocycles. The van der Waals surface area contributed by atoms with Gasteiger partial charge < -0.3 is 14.9 Å². The topological polar surface area (TPSA) is 56.7 Å². The van der Waals surface area contributed by atoms with Gasteiger partial charge in [-0.3, -0.25) is 9.78 Å². The third-order valence-corrected chi connectivity index (χ3v) is 4.97. The molecule has 2 aliphatic rings. The van der Waals surface area contributed by atoms with Gasteiger partial charge in [0.15, 0.2) is 0 Å². The number of aromatic nitrogens is 1. The van der Waals surface area contributed by atoms with E-state index in [1.54, 1.807) is 6.20 Å². The number of rotatable bonds is 5. The minimum atomic E-state index is -0.730. The number of hydrogen-bond acceptors (Lipinski definition) is 4. The summed E-state index contributed by atoms with van der Waals surface area (Å²) in [6, 6.07) is 3.90. The molecule has 1 N–H and O–H groups in total. The van der Waals surface area contributed by atoms with Crippen molar-refractivity contribution in [2.24, 2.45) is 0 Å². The largest absolute Gasteiger partial charge is 0.387 e. The molecule has 126 valence electrons. The summed E-state index contributed by atoms with van der Waals surface area (Å²) in [6.45, 7) is 4.12. The molecule has 5 nitrogen and oxygen atoms in total. The van der Waals surface area contributed by atoms with Crippen LogP contribution in [0.25, 0.3) is 0 Å². The van der Waals surface area contributed by atoms with Gasteiger partial charge in [-0.05, 0) is 56.8 Å². The summed E-state index contributed by atoms with van der Waals surface area (Å²) >= 11 is 0. The molecule has 0 unspecified atom stereocenters. The van der Waals surface area contributed by atoms with Crippen LogP contribution in [0.4, 0.5) is 0 Å². The fourth-order valence-corrected chi connectivity index (χ4v) is 3.77. The standard InChI is InChI=1S/C18H27N3O2/c22-17(7-6-16-5-3-9-19-13-16)21-12-4-8-18(23,15-21)14-20-10-1-2-11-20/h3,5,9,13,23H,1-2,4,6-8,10-12,14-15H2/t18-/m1/s1. The zero-order valence-electron chi connectivity index (χ0n) is 13.8. The molecule has 0 bridgehead atoms. The van der Waals surface area contributed by atoms with E-state index in [9.17, 15) is 9.90 Å². The van der Waals surface area contributed by atoms with Crippen LogP contribution in [0.5, 0.6) is 0 Å². The molecule has 3 rings (SSSR count). The van der Waals surface area contributed by atoms with E-state index in [-0.39, 0.29) is 5.91 Å². The molecule has 2 aliphatic heterocycles. The quantitative estimate of drug-likeness (QED) is 0.893. The van der Waals surface area contributed by atoms with Crippen molar-refractivity contribution in [1.82, 2.24) is 14.8 Å². The Hall–Kier alpha value is -1.46. The van der Waals surface area contributed by atoms with E-state index in [1.165, 1.54) is 12.8 Å². The van der Waals surface area contributed by atoms with Crippen molar-refractivity contribution in [2.45, 2.75) is 44.1 Å². The summed E-state index contributed by atoms with van der Waals surface area (Å²) in [5.41, 5.74) is 0.359. The number of hydrogen-bond donors (Lipinski definition) is 1. The molecule has 1 aromatic rings. The van der Waals surface area contributed by atoms with Gasteiger partial charge >= 0.3 is 0 Å². The lowest BCUT2D eigenvalue weighted by molar-refractivity contribution is -0.139. The lowest BCUT2D eigenvalue weighted by Gasteiger charge is -2.41. The van der Waals surface area contributed by atoms with Crippen molar-refractivity contribution in [3.05, 3.63) is 30.1 Å². The Morgan fingerprint density at radius 2 is 2.09 bits per heavy atom. The second-order valence-electron chi connectivity index (χ2n) is 6.99. The Bertz CT molecular complexity index is 516. The van der Waals surface area contributed by atoms with E-state index < -0.39 is 5.60 Å². The maximum absolute atomic E-state index is 12.5. The number of piperidine rings is 1. The monoisotopic (exact) mass is 317 g/mol. The Morgan fingerprint density at radius 3 is 2.83 bits per heavy atom. The van der Waals surface area contributed by atoms with Crippen LogP contribution in [-0.2, 0) is 11.2 Å². The molecule has 0 spiro atoms. The van der Waals surface area contributed by atoms with E-state index >= 15 is 0 Å². The minimum absolute atomic E-state index is 0.147. The van der Waals surface area contributed by atoms with Crippen molar-refractivity contribution < 1.29 is 9.90 Å². The predicted molar refractivity (Wildman–Crippen MR) is 89.0 cm³/mol. The van der Waals surface area contributed by atoms with Crippen LogP contribution >= 0.6 is 0 Å². The average molecular weight is 317 g/mol. The number of amides is 1. The molecule has 1 amide bonds. The summed E-state index contributed by atoms with van der Waals surface area (Å²) in [5.74, 6) is 0.147. The molecule has 0 aliphatic carbocycles. The number of carbonyl (C=O) groups excluding carboxylic acids is 1. The maximum atomic E-state index is 12.5. The highest BCUT2D eigenvalue weighted by molar-refractivity contribution is 5.76. The fraction of sp³-hybridized carbons (Fsp3) is 0.667. The zero-order valence-corrected chi connectivity index (χ0v) is 13.8. The Balaban J connectivity index is 1.51. The van der Waals surface area contributed by atoms with Gasteiger partial charge in [-0.15, -0.1) is 0 Å². The number of β-amino-alcohol motifs (C(OH)–C–C–N with tert-alkyl or cyclic N) is 1. The highest BCUT2D eigenvalue weighted by atomic mass is 16.3. The normalized spacial score (nSPS) is 25.7. The first-order chi connectivity index (χ1) is 11.1. The lowest BCUT2D eigenvalue weighted by atomic mass is 9.92. The molecule has 1 atom stereocenters. The Kier molecular flexibility index (Phi) is 5.28. The second kappa shape index (κ2) is 7.41. The predicted octanol–water partition coefficient (Wildman–Crippen LogP) is 1.46. The third-order valence-electron chi connectivity index (χ3n) is 4.97. The summed E-state index contributed by atoms with van der Waals surface area (Å²) in [7, 11) is 0. The highest BCUT2D eigenvalue weighted by Crippen LogP contribution is 2.24. The maximum Gasteiger partial charge on any atom is 0.223 e. The van der Waals surface area contributed by atoms with Crippen LogP contribution < -0.4 is 0 Å². The molecular formula is C18H27N3O2. The molecule has 0 aromatic carbocycles. The van der Waals surface area contributed by atoms with Gasteiger partial charge in [0.2, 0.25) is 5.91 Å². The summed E-state index contributed by atoms with van der Waals surface area (Å²) < 4.78 is 0. The molecular weight excluding hydrogens is 290 g/mol. The van der Waals surface area contributed by atoms with E-state index in [1.807, 2.05) is 23.2 Å². The van der Waals surface area contributed by atoms with Gasteiger partial charge in [0, 0.05) is 31.9 Å². The van der Waals surface area contributed by atoms with Crippen LogP contribution in [0, 0.1) is 0 Å². The molecule has 0 radical (unpaired) electrons. The van der Waals surface area contributed by atoms with Crippen LogP contribution in [0.15, 0.2) is 24.5 Å². The zero-order chi connectivity index (χ0) is 16.1. The Labute approximate surface area is 138 Å². The molecule has 23 heavy (non-hydrogen) atoms. The van der Waals surface area contributed by atoms with Crippen molar-refractivity contribution in [3.8, 4) is 0 Å². The van der Waals surface area contributed by atoms with Gasteiger partial charge in [-0.2, -0.15) is 0 Å². The smallest absolute Gasteiger partial charge is 0.223 e. The molecule has 1 aromatic heterocycles. The van der Waals surface area contributed by atoms with E-state index in [2.05, 4.69) is 9.88 Å². The first-order valence-electron chi connectivity index (χ1n) is 8.76. The van der Waals surface area contributed by atoms with Gasteiger partial charge in [0.05, 0.1) is 12.1 Å². The minimum Gasteiger partial charge on any atom is -0.387 e. The van der Waals surface area contributed by atoms with E-state index in [0.717, 1.165) is 38.0 Å². The molecule has 2 saturated heterocycles. The SMILES string of the molecule is O=C(CCc1cccnc1)N1CCC[C@@](O)(CN2CCCC2)C1. The average Bonchev–Trinajstić information content (AvgIpc) is 3.06. The number of likely N-dealkylation sites (tertiary alicyclic amines) is 2. The summed E-state index contributed by atoms with van der Waals surface area (Å²) in [6.07, 6.45) is 8.91. The van der Waals surface area contributed by atoms with Crippen molar-refractivity contribution in [3.63, 3.8) is 0 Å². The third kappa shape index (κ3) is 4.52. The van der Waals surface area contributed by atoms with Gasteiger partial charge in [0.25, 0.3) is 0 Å². The number of nitrogens with zero attached hydrogens (tertiary/aromatic N) is 3. The summed E-state index contributed by atoms with van der Waals surface area (Å²) in [4.78, 5) is 20.8. The Morgan fingerprint density at radius 1 is 1.26 bits per heavy atom. The van der Waals surface area contributed by atoms with Crippen LogP contribution in [0.3, 0.4) is 0 Å². The van der Waals surface area contributed by atoms with Crippen molar-refractivity contribution in [1.29, 1.82) is 0 Å². The van der Waals surface area contributed by atoms with Crippen molar-refractivity contribution in [2.75, 3.05) is 32.7 Å². The number of carbonyl (C=O) groups is 1. The number of aliphatic hydroxyl groups is 1. The molecule has 2 fully saturated rings. The van der Waals surface area contributed by atoms with Gasteiger partial charge in [-0.25, -0.2) is 0 Å². The van der Waals surface area contributed by atoms with Crippen molar-refractivity contribution >= 4 is 5.91 Å². The van der Waals surface area contributed by atoms with E-state index in [0.29, 0.717) is 25.9 Å². The first kappa shape index (κ1) is 16.4. The van der Waals surface area contributed by atoms with Gasteiger partial charge in [0.1, 0.15) is 0 Å². The lowest BCUT2D eigenvalue weighted by Crippen LogP contribution is -2.55. The first-order valence-corrected chi connectivity index (χ1v) is 8.76. The van der Waals surface area contributed by atoms with Crippen LogP contribution in [0.2, 0.25) is 0 Å². The van der Waals surface area contributed by atoms with E-state index in [4.69, 9.17) is 0 Å². The number of pyridine rings is 1. The van der Waals surface area contributed by atoms with Gasteiger partial charge in [-0.1, -0.05) is 6.07 Å². The van der Waals surface area contributed by atoms with Crippen LogP contribution in [0.1, 0.15) is 37.7 Å². The highest BCUT2D eigenvalue weighted by Gasteiger charge is 2.36. The molecule has 5 heteroatoms. The second-order valence-corrected chi connectivity index (χ2v) is 6.99. The summed E-state index contributed by atoms with van der Waals surface area (Å²) in [5, 5.41) is 10.9. The molecule has 3 heterocycles.